The molecule has 4 aliphatic rings. The number of hydrogen-bond donors (Lipinski definition) is 0. The molecule has 1 aliphatic carbocycles. The number of hydrogen-bond acceptors (Lipinski definition) is 3. The molecule has 0 N–H and O–H groups in total. The Balaban J connectivity index is 2.00. The molecular formula is C13H23N2O3PS. The number of nitrogens with zero attached hydrogens (tertiary/aromatic N) is 2. The van der Waals surface area contributed by atoms with Gasteiger partial charge >= 0.3 is 7.67 Å². The molecule has 2 fully saturated rings. The maximum atomic E-state index is 13.6. The van der Waals surface area contributed by atoms with Crippen molar-refractivity contribution in [2.75, 3.05) is 13.2 Å². The molecule has 2 unspecified atom stereocenters. The van der Waals surface area contributed by atoms with Crippen LogP contribution >= 0.6 is 7.67 Å². The minimum Gasteiger partial charge on any atom is -0.305 e. The van der Waals surface area contributed by atoms with Crippen LogP contribution in [0.3, 0.4) is 0 Å². The normalized spacial score (nSPS) is 43.0. The van der Waals surface area contributed by atoms with Crippen molar-refractivity contribution in [3.05, 3.63) is 12.2 Å². The monoisotopic (exact) mass is 318 g/mol. The maximum Gasteiger partial charge on any atom is 0.358 e. The van der Waals surface area contributed by atoms with Gasteiger partial charge in [0.2, 0.25) is 0 Å². The summed E-state index contributed by atoms with van der Waals surface area (Å²) in [4.78, 5) is 0. The summed E-state index contributed by atoms with van der Waals surface area (Å²) in [5.41, 5.74) is -0.263. The van der Waals surface area contributed by atoms with Gasteiger partial charge in [-0.2, -0.15) is 0 Å². The van der Waals surface area contributed by atoms with Gasteiger partial charge in [-0.25, -0.2) is 8.88 Å². The topological polar surface area (TPSA) is 49.9 Å². The van der Waals surface area contributed by atoms with Crippen LogP contribution in [0.2, 0.25) is 0 Å². The van der Waals surface area contributed by atoms with Crippen LogP contribution in [0.15, 0.2) is 12.2 Å². The van der Waals surface area contributed by atoms with Gasteiger partial charge in [0.15, 0.2) is 0 Å². The van der Waals surface area contributed by atoms with Crippen molar-refractivity contribution in [2.45, 2.75) is 56.9 Å². The SMILES string of the molecule is CC(C)(C)N1CCCOP1(=O)N1[C@@H]2C=C[C@@H](CC2)S1=O. The second-order valence-corrected chi connectivity index (χ2v) is 10.6. The van der Waals surface area contributed by atoms with Crippen LogP contribution < -0.4 is 0 Å². The lowest BCUT2D eigenvalue weighted by Gasteiger charge is -2.50. The van der Waals surface area contributed by atoms with Gasteiger partial charge in [0.1, 0.15) is 11.0 Å². The summed E-state index contributed by atoms with van der Waals surface area (Å²) in [5, 5.41) is -0.00169. The van der Waals surface area contributed by atoms with E-state index in [0.717, 1.165) is 25.8 Å². The second kappa shape index (κ2) is 5.03. The van der Waals surface area contributed by atoms with Gasteiger partial charge in [0.05, 0.1) is 17.9 Å². The lowest BCUT2D eigenvalue weighted by molar-refractivity contribution is 0.123. The molecule has 114 valence electrons. The summed E-state index contributed by atoms with van der Waals surface area (Å²) in [6.45, 7) is 7.33. The Kier molecular flexibility index (Phi) is 3.75. The van der Waals surface area contributed by atoms with Crippen molar-refractivity contribution in [1.29, 1.82) is 0 Å². The fourth-order valence-electron chi connectivity index (χ4n) is 3.16. The molecule has 4 atom stereocenters. The van der Waals surface area contributed by atoms with Crippen LogP contribution in [-0.4, -0.2) is 42.9 Å². The third-order valence-electron chi connectivity index (χ3n) is 4.12. The quantitative estimate of drug-likeness (QED) is 0.551. The molecule has 2 bridgehead atoms. The standard InChI is InChI=1S/C13H23N2O3PS/c1-13(2,3)14-9-4-10-18-19(14,16)15-11-5-7-12(8-6-11)20(15)17/h5,7,11-12H,4,6,8-10H2,1-3H3/t11-,12+,19?,20?/m1/s1. The third-order valence-corrected chi connectivity index (χ3v) is 9.50. The highest BCUT2D eigenvalue weighted by Crippen LogP contribution is 2.63. The number of fused-ring (bicyclic) bond motifs is 2. The molecule has 0 radical (unpaired) electrons. The van der Waals surface area contributed by atoms with Crippen LogP contribution in [0, 0.1) is 0 Å². The molecule has 4 rings (SSSR count). The molecule has 3 heterocycles. The van der Waals surface area contributed by atoms with E-state index in [2.05, 4.69) is 0 Å². The first-order chi connectivity index (χ1) is 9.34. The van der Waals surface area contributed by atoms with E-state index >= 15 is 0 Å². The predicted octanol–water partition coefficient (Wildman–Crippen LogP) is 2.68. The predicted molar refractivity (Wildman–Crippen MR) is 80.6 cm³/mol. The molecule has 0 amide bonds. The summed E-state index contributed by atoms with van der Waals surface area (Å²) in [7, 11) is -4.45. The Bertz CT molecular complexity index is 502. The summed E-state index contributed by atoms with van der Waals surface area (Å²) >= 11 is 0. The molecule has 0 saturated carbocycles. The van der Waals surface area contributed by atoms with Gasteiger partial charge in [0, 0.05) is 12.1 Å². The summed E-state index contributed by atoms with van der Waals surface area (Å²) in [5.74, 6) is 0. The third kappa shape index (κ3) is 2.26. The minimum absolute atomic E-state index is 0.00169. The van der Waals surface area contributed by atoms with E-state index < -0.39 is 18.7 Å². The number of rotatable bonds is 1. The average molecular weight is 318 g/mol. The molecule has 2 saturated heterocycles. The summed E-state index contributed by atoms with van der Waals surface area (Å²) < 4.78 is 35.6. The van der Waals surface area contributed by atoms with Crippen LogP contribution in [0.4, 0.5) is 0 Å². The van der Waals surface area contributed by atoms with Crippen molar-refractivity contribution in [3.63, 3.8) is 0 Å². The van der Waals surface area contributed by atoms with E-state index in [1.165, 1.54) is 0 Å². The average Bonchev–Trinajstić information content (AvgIpc) is 2.38. The maximum absolute atomic E-state index is 13.6. The van der Waals surface area contributed by atoms with Crippen LogP contribution in [-0.2, 0) is 20.1 Å². The first-order valence-electron chi connectivity index (χ1n) is 7.25. The van der Waals surface area contributed by atoms with Crippen LogP contribution in [0.1, 0.15) is 40.0 Å². The molecule has 0 aromatic heterocycles. The zero-order valence-electron chi connectivity index (χ0n) is 12.3. The van der Waals surface area contributed by atoms with Crippen molar-refractivity contribution >= 4 is 18.7 Å². The highest BCUT2D eigenvalue weighted by atomic mass is 32.2. The molecule has 5 nitrogen and oxygen atoms in total. The minimum atomic E-state index is -3.20. The van der Waals surface area contributed by atoms with E-state index in [-0.39, 0.29) is 16.8 Å². The lowest BCUT2D eigenvalue weighted by Crippen LogP contribution is -2.53. The highest BCUT2D eigenvalue weighted by Gasteiger charge is 2.54. The van der Waals surface area contributed by atoms with Gasteiger partial charge in [-0.15, -0.1) is 4.08 Å². The largest absolute Gasteiger partial charge is 0.358 e. The zero-order valence-corrected chi connectivity index (χ0v) is 14.0. The zero-order chi connectivity index (χ0) is 14.5. The lowest BCUT2D eigenvalue weighted by atomic mass is 10.0. The molecular weight excluding hydrogens is 295 g/mol. The van der Waals surface area contributed by atoms with Gasteiger partial charge in [-0.1, -0.05) is 12.2 Å². The molecule has 7 heteroatoms. The van der Waals surface area contributed by atoms with Crippen molar-refractivity contribution in [1.82, 2.24) is 8.75 Å². The van der Waals surface area contributed by atoms with Crippen LogP contribution in [0.25, 0.3) is 0 Å². The Morgan fingerprint density at radius 3 is 2.60 bits per heavy atom. The molecule has 0 aromatic rings. The molecule has 0 aromatic carbocycles. The van der Waals surface area contributed by atoms with E-state index in [0.29, 0.717) is 6.61 Å². The highest BCUT2D eigenvalue weighted by molar-refractivity contribution is 7.89. The van der Waals surface area contributed by atoms with Crippen molar-refractivity contribution < 1.29 is 13.3 Å². The van der Waals surface area contributed by atoms with E-state index in [1.807, 2.05) is 37.6 Å². The Morgan fingerprint density at radius 2 is 2.05 bits per heavy atom. The van der Waals surface area contributed by atoms with E-state index in [9.17, 15) is 8.77 Å². The smallest absolute Gasteiger partial charge is 0.305 e. The van der Waals surface area contributed by atoms with Crippen molar-refractivity contribution in [3.8, 4) is 0 Å². The summed E-state index contributed by atoms with van der Waals surface area (Å²) in [6, 6.07) is -0.0189. The molecule has 0 spiro atoms. The molecule has 20 heavy (non-hydrogen) atoms. The second-order valence-electron chi connectivity index (χ2n) is 6.62. The fourth-order valence-corrected chi connectivity index (χ4v) is 8.58. The Morgan fingerprint density at radius 1 is 1.30 bits per heavy atom. The first-order valence-corrected chi connectivity index (χ1v) is 9.95. The van der Waals surface area contributed by atoms with Gasteiger partial charge in [-0.05, 0) is 40.0 Å². The Labute approximate surface area is 123 Å². The first kappa shape index (κ1) is 14.9. The summed E-state index contributed by atoms with van der Waals surface area (Å²) in [6.07, 6.45) is 6.76. The Hall–Kier alpha value is -0.0000000000000000833. The van der Waals surface area contributed by atoms with E-state index in [4.69, 9.17) is 4.52 Å². The van der Waals surface area contributed by atoms with Gasteiger partial charge in [-0.3, -0.25) is 4.57 Å². The van der Waals surface area contributed by atoms with Gasteiger partial charge in [0.25, 0.3) is 0 Å². The molecule has 3 aliphatic heterocycles. The van der Waals surface area contributed by atoms with Crippen LogP contribution in [0.5, 0.6) is 0 Å². The van der Waals surface area contributed by atoms with Gasteiger partial charge < -0.3 is 4.52 Å². The van der Waals surface area contributed by atoms with E-state index in [1.54, 1.807) is 4.08 Å². The fraction of sp³-hybridized carbons (Fsp3) is 0.846. The van der Waals surface area contributed by atoms with Crippen molar-refractivity contribution in [2.24, 2.45) is 0 Å².